The molecule has 0 aliphatic rings. The molecule has 3 aromatic carbocycles. The number of hydrogen-bond donors (Lipinski definition) is 0. The van der Waals surface area contributed by atoms with Gasteiger partial charge in [-0.1, -0.05) is 42.5 Å². The summed E-state index contributed by atoms with van der Waals surface area (Å²) in [5.41, 5.74) is 2.05. The molecule has 1 heterocycles. The Labute approximate surface area is 121 Å². The van der Waals surface area contributed by atoms with Crippen molar-refractivity contribution in [2.75, 3.05) is 0 Å². The molecule has 1 aromatic heterocycles. The third kappa shape index (κ3) is 1.93. The average molecular weight is 271 g/mol. The van der Waals surface area contributed by atoms with Gasteiger partial charge in [0.2, 0.25) is 0 Å². The second-order valence-corrected chi connectivity index (χ2v) is 5.10. The van der Waals surface area contributed by atoms with E-state index in [-0.39, 0.29) is 5.43 Å². The Morgan fingerprint density at radius 1 is 0.714 bits per heavy atom. The molecular weight excluding hydrogens is 258 g/mol. The van der Waals surface area contributed by atoms with E-state index < -0.39 is 0 Å². The lowest BCUT2D eigenvalue weighted by atomic mass is 10.1. The molecule has 4 aromatic rings. The third-order valence-corrected chi connectivity index (χ3v) is 3.82. The Kier molecular flexibility index (Phi) is 2.61. The van der Waals surface area contributed by atoms with Crippen LogP contribution in [0.5, 0.6) is 0 Å². The molecule has 0 spiro atoms. The SMILES string of the molecule is O=c1ccn(-c2ccc3ccccc3c2)c2ccccc12. The van der Waals surface area contributed by atoms with Gasteiger partial charge in [-0.05, 0) is 35.0 Å². The number of benzene rings is 3. The second-order valence-electron chi connectivity index (χ2n) is 5.10. The van der Waals surface area contributed by atoms with E-state index in [0.29, 0.717) is 0 Å². The summed E-state index contributed by atoms with van der Waals surface area (Å²) in [4.78, 5) is 12.0. The predicted molar refractivity (Wildman–Crippen MR) is 87.1 cm³/mol. The summed E-state index contributed by atoms with van der Waals surface area (Å²) >= 11 is 0. The van der Waals surface area contributed by atoms with E-state index in [1.807, 2.05) is 42.6 Å². The Balaban J connectivity index is 2.04. The van der Waals surface area contributed by atoms with Crippen molar-refractivity contribution in [1.29, 1.82) is 0 Å². The molecular formula is C19H13NO. The quantitative estimate of drug-likeness (QED) is 0.510. The van der Waals surface area contributed by atoms with Crippen LogP contribution >= 0.6 is 0 Å². The lowest BCUT2D eigenvalue weighted by Crippen LogP contribution is -2.06. The van der Waals surface area contributed by atoms with E-state index >= 15 is 0 Å². The summed E-state index contributed by atoms with van der Waals surface area (Å²) in [6, 6.07) is 23.9. The average Bonchev–Trinajstić information content (AvgIpc) is 2.55. The molecule has 0 N–H and O–H groups in total. The number of nitrogens with zero attached hydrogens (tertiary/aromatic N) is 1. The highest BCUT2D eigenvalue weighted by Gasteiger charge is 2.04. The van der Waals surface area contributed by atoms with Crippen molar-refractivity contribution in [3.05, 3.63) is 89.2 Å². The van der Waals surface area contributed by atoms with Crippen molar-refractivity contribution in [3.8, 4) is 5.69 Å². The molecule has 0 saturated carbocycles. The van der Waals surface area contributed by atoms with E-state index in [0.717, 1.165) is 16.6 Å². The van der Waals surface area contributed by atoms with Gasteiger partial charge in [0.15, 0.2) is 5.43 Å². The summed E-state index contributed by atoms with van der Waals surface area (Å²) in [6.45, 7) is 0. The molecule has 2 nitrogen and oxygen atoms in total. The zero-order valence-electron chi connectivity index (χ0n) is 11.4. The van der Waals surface area contributed by atoms with E-state index in [4.69, 9.17) is 0 Å². The van der Waals surface area contributed by atoms with Crippen molar-refractivity contribution in [1.82, 2.24) is 4.57 Å². The molecule has 0 aliphatic carbocycles. The van der Waals surface area contributed by atoms with Gasteiger partial charge >= 0.3 is 0 Å². The summed E-state index contributed by atoms with van der Waals surface area (Å²) in [5.74, 6) is 0. The van der Waals surface area contributed by atoms with Gasteiger partial charge in [-0.2, -0.15) is 0 Å². The van der Waals surface area contributed by atoms with Crippen LogP contribution < -0.4 is 5.43 Å². The highest BCUT2D eigenvalue weighted by atomic mass is 16.1. The minimum atomic E-state index is 0.0580. The number of hydrogen-bond acceptors (Lipinski definition) is 1. The summed E-state index contributed by atoms with van der Waals surface area (Å²) in [6.07, 6.45) is 1.84. The largest absolute Gasteiger partial charge is 0.316 e. The maximum atomic E-state index is 12.0. The standard InChI is InChI=1S/C19H13NO/c21-19-11-12-20(18-8-4-3-7-17(18)19)16-10-9-14-5-1-2-6-15(14)13-16/h1-13H. The lowest BCUT2D eigenvalue weighted by molar-refractivity contribution is 1.10. The molecule has 100 valence electrons. The van der Waals surface area contributed by atoms with Gasteiger partial charge in [-0.15, -0.1) is 0 Å². The molecule has 0 bridgehead atoms. The number of fused-ring (bicyclic) bond motifs is 2. The van der Waals surface area contributed by atoms with Gasteiger partial charge in [0.1, 0.15) is 0 Å². The molecule has 0 radical (unpaired) electrons. The van der Waals surface area contributed by atoms with Crippen molar-refractivity contribution in [2.45, 2.75) is 0 Å². The van der Waals surface area contributed by atoms with Crippen LogP contribution in [0.25, 0.3) is 27.4 Å². The monoisotopic (exact) mass is 271 g/mol. The maximum absolute atomic E-state index is 12.0. The molecule has 0 atom stereocenters. The fraction of sp³-hybridized carbons (Fsp3) is 0. The highest BCUT2D eigenvalue weighted by Crippen LogP contribution is 2.21. The first-order valence-corrected chi connectivity index (χ1v) is 6.92. The number of pyridine rings is 1. The summed E-state index contributed by atoms with van der Waals surface area (Å²) in [5, 5.41) is 3.15. The van der Waals surface area contributed by atoms with Crippen LogP contribution in [0.4, 0.5) is 0 Å². The maximum Gasteiger partial charge on any atom is 0.189 e. The Hall–Kier alpha value is -2.87. The normalized spacial score (nSPS) is 11.0. The van der Waals surface area contributed by atoms with Crippen LogP contribution in [0.2, 0.25) is 0 Å². The number of para-hydroxylation sites is 1. The topological polar surface area (TPSA) is 22.0 Å². The first-order chi connectivity index (χ1) is 10.3. The fourth-order valence-corrected chi connectivity index (χ4v) is 2.76. The van der Waals surface area contributed by atoms with Gasteiger partial charge in [-0.25, -0.2) is 0 Å². The first-order valence-electron chi connectivity index (χ1n) is 6.92. The predicted octanol–water partition coefficient (Wildman–Crippen LogP) is 4.14. The van der Waals surface area contributed by atoms with Gasteiger partial charge in [0, 0.05) is 23.3 Å². The van der Waals surface area contributed by atoms with Crippen molar-refractivity contribution < 1.29 is 0 Å². The van der Waals surface area contributed by atoms with Crippen LogP contribution in [-0.4, -0.2) is 4.57 Å². The highest BCUT2D eigenvalue weighted by molar-refractivity contribution is 5.86. The molecule has 0 aliphatic heterocycles. The number of aromatic nitrogens is 1. The van der Waals surface area contributed by atoms with E-state index in [1.54, 1.807) is 6.07 Å². The smallest absolute Gasteiger partial charge is 0.189 e. The molecule has 2 heteroatoms. The van der Waals surface area contributed by atoms with Crippen LogP contribution in [-0.2, 0) is 0 Å². The van der Waals surface area contributed by atoms with Gasteiger partial charge in [0.05, 0.1) is 5.52 Å². The molecule has 21 heavy (non-hydrogen) atoms. The molecule has 4 rings (SSSR count). The van der Waals surface area contributed by atoms with Crippen LogP contribution in [0.3, 0.4) is 0 Å². The minimum Gasteiger partial charge on any atom is -0.316 e. The van der Waals surface area contributed by atoms with Gasteiger partial charge in [-0.3, -0.25) is 4.79 Å². The van der Waals surface area contributed by atoms with E-state index in [1.165, 1.54) is 10.8 Å². The van der Waals surface area contributed by atoms with E-state index in [2.05, 4.69) is 34.9 Å². The molecule has 0 fully saturated rings. The Morgan fingerprint density at radius 2 is 1.48 bits per heavy atom. The summed E-state index contributed by atoms with van der Waals surface area (Å²) in [7, 11) is 0. The van der Waals surface area contributed by atoms with Crippen molar-refractivity contribution in [2.24, 2.45) is 0 Å². The van der Waals surface area contributed by atoms with Gasteiger partial charge < -0.3 is 4.57 Å². The Bertz CT molecular complexity index is 1010. The van der Waals surface area contributed by atoms with Crippen LogP contribution in [0.1, 0.15) is 0 Å². The Morgan fingerprint density at radius 3 is 2.38 bits per heavy atom. The molecule has 0 saturated heterocycles. The lowest BCUT2D eigenvalue weighted by Gasteiger charge is -2.11. The fourth-order valence-electron chi connectivity index (χ4n) is 2.76. The zero-order chi connectivity index (χ0) is 14.2. The summed E-state index contributed by atoms with van der Waals surface area (Å²) < 4.78 is 2.06. The first kappa shape index (κ1) is 11.9. The molecule has 0 amide bonds. The van der Waals surface area contributed by atoms with Crippen LogP contribution in [0.15, 0.2) is 83.8 Å². The minimum absolute atomic E-state index is 0.0580. The van der Waals surface area contributed by atoms with Crippen molar-refractivity contribution in [3.63, 3.8) is 0 Å². The molecule has 0 unspecified atom stereocenters. The third-order valence-electron chi connectivity index (χ3n) is 3.82. The second kappa shape index (κ2) is 4.60. The van der Waals surface area contributed by atoms with E-state index in [9.17, 15) is 4.79 Å². The number of rotatable bonds is 1. The van der Waals surface area contributed by atoms with Gasteiger partial charge in [0.25, 0.3) is 0 Å². The zero-order valence-corrected chi connectivity index (χ0v) is 11.4. The van der Waals surface area contributed by atoms with Crippen LogP contribution in [0, 0.1) is 0 Å². The van der Waals surface area contributed by atoms with Crippen molar-refractivity contribution >= 4 is 21.7 Å².